The van der Waals surface area contributed by atoms with Crippen molar-refractivity contribution < 1.29 is 23.1 Å². The van der Waals surface area contributed by atoms with Gasteiger partial charge < -0.3 is 15.0 Å². The van der Waals surface area contributed by atoms with Crippen LogP contribution in [-0.2, 0) is 4.79 Å². The van der Waals surface area contributed by atoms with E-state index < -0.39 is 23.1 Å². The zero-order valence-electron chi connectivity index (χ0n) is 15.5. The minimum atomic E-state index is -1.23. The van der Waals surface area contributed by atoms with Gasteiger partial charge in [-0.2, -0.15) is 0 Å². The third-order valence-corrected chi connectivity index (χ3v) is 4.62. The molecule has 1 aromatic rings. The number of amides is 2. The maximum atomic E-state index is 14.1. The van der Waals surface area contributed by atoms with Crippen molar-refractivity contribution in [3.05, 3.63) is 29.3 Å². The Bertz CT molecular complexity index is 664. The van der Waals surface area contributed by atoms with Gasteiger partial charge in [0.05, 0.1) is 7.11 Å². The summed E-state index contributed by atoms with van der Waals surface area (Å²) in [6, 6.07) is 1.86. The van der Waals surface area contributed by atoms with Crippen molar-refractivity contribution in [1.82, 2.24) is 10.2 Å². The number of nitrogens with zero attached hydrogens (tertiary/aromatic N) is 1. The maximum absolute atomic E-state index is 14.1. The lowest BCUT2D eigenvalue weighted by Crippen LogP contribution is -2.37. The minimum absolute atomic E-state index is 0.0235. The molecule has 1 aromatic carbocycles. The Labute approximate surface area is 152 Å². The number of hydrogen-bond acceptors (Lipinski definition) is 3. The molecule has 26 heavy (non-hydrogen) atoms. The third kappa shape index (κ3) is 4.93. The van der Waals surface area contributed by atoms with Gasteiger partial charge in [0.25, 0.3) is 5.91 Å². The molecule has 2 amide bonds. The average Bonchev–Trinajstić information content (AvgIpc) is 2.77. The molecule has 0 aliphatic carbocycles. The fourth-order valence-electron chi connectivity index (χ4n) is 3.00. The van der Waals surface area contributed by atoms with Crippen LogP contribution in [0, 0.1) is 17.6 Å². The number of hydrogen-bond donors (Lipinski definition) is 1. The van der Waals surface area contributed by atoms with Crippen LogP contribution in [0.3, 0.4) is 0 Å². The molecule has 1 fully saturated rings. The lowest BCUT2D eigenvalue weighted by atomic mass is 10.1. The zero-order chi connectivity index (χ0) is 19.3. The molecular weight excluding hydrogens is 342 g/mol. The van der Waals surface area contributed by atoms with Gasteiger partial charge in [0.15, 0.2) is 11.6 Å². The Morgan fingerprint density at radius 3 is 2.73 bits per heavy atom. The molecule has 0 saturated carbocycles. The molecule has 0 bridgehead atoms. The standard InChI is InChI=1S/C19H26F2N2O3/c1-12(2)8-10-23-11-9-13(4-7-16(23)24)22-19(25)17-15(26-3)6-5-14(20)18(17)21/h5-6,12-13H,4,7-11H2,1-3H3,(H,22,25). The molecule has 1 unspecified atom stereocenters. The molecular formula is C19H26F2N2O3. The van der Waals surface area contributed by atoms with E-state index in [0.717, 1.165) is 12.5 Å². The monoisotopic (exact) mass is 368 g/mol. The van der Waals surface area contributed by atoms with Gasteiger partial charge in [0.2, 0.25) is 5.91 Å². The zero-order valence-corrected chi connectivity index (χ0v) is 15.5. The molecule has 1 N–H and O–H groups in total. The normalized spacial score (nSPS) is 18.0. The average molecular weight is 368 g/mol. The number of nitrogens with one attached hydrogen (secondary N) is 1. The Balaban J connectivity index is 2.04. The molecule has 1 aliphatic heterocycles. The summed E-state index contributed by atoms with van der Waals surface area (Å²) >= 11 is 0. The van der Waals surface area contributed by atoms with Gasteiger partial charge >= 0.3 is 0 Å². The number of carbonyl (C=O) groups is 2. The van der Waals surface area contributed by atoms with Crippen LogP contribution in [0.2, 0.25) is 0 Å². The van der Waals surface area contributed by atoms with Crippen molar-refractivity contribution in [2.24, 2.45) is 5.92 Å². The van der Waals surface area contributed by atoms with Crippen LogP contribution in [0.25, 0.3) is 0 Å². The van der Waals surface area contributed by atoms with Crippen LogP contribution in [0.1, 0.15) is 49.9 Å². The van der Waals surface area contributed by atoms with E-state index in [0.29, 0.717) is 38.3 Å². The topological polar surface area (TPSA) is 58.6 Å². The summed E-state index contributed by atoms with van der Waals surface area (Å²) in [7, 11) is 1.29. The first-order valence-corrected chi connectivity index (χ1v) is 8.94. The summed E-state index contributed by atoms with van der Waals surface area (Å²) in [5.74, 6) is -2.52. The third-order valence-electron chi connectivity index (χ3n) is 4.62. The van der Waals surface area contributed by atoms with Crippen molar-refractivity contribution in [2.45, 2.75) is 45.6 Å². The van der Waals surface area contributed by atoms with E-state index in [1.54, 1.807) is 0 Å². The SMILES string of the molecule is COc1ccc(F)c(F)c1C(=O)NC1CCC(=O)N(CCC(C)C)CC1. The number of ether oxygens (including phenoxy) is 1. The number of methoxy groups -OCH3 is 1. The molecule has 144 valence electrons. The second-order valence-electron chi connectivity index (χ2n) is 7.00. The van der Waals surface area contributed by atoms with Crippen molar-refractivity contribution >= 4 is 11.8 Å². The van der Waals surface area contributed by atoms with Crippen molar-refractivity contribution in [3.8, 4) is 5.75 Å². The predicted octanol–water partition coefficient (Wildman–Crippen LogP) is 3.13. The minimum Gasteiger partial charge on any atom is -0.496 e. The van der Waals surface area contributed by atoms with Gasteiger partial charge in [-0.1, -0.05) is 13.8 Å². The first-order chi connectivity index (χ1) is 12.3. The summed E-state index contributed by atoms with van der Waals surface area (Å²) in [5, 5.41) is 2.72. The van der Waals surface area contributed by atoms with Gasteiger partial charge in [-0.15, -0.1) is 0 Å². The van der Waals surface area contributed by atoms with Gasteiger partial charge in [-0.25, -0.2) is 8.78 Å². The lowest BCUT2D eigenvalue weighted by Gasteiger charge is -2.22. The quantitative estimate of drug-likeness (QED) is 0.839. The molecule has 7 heteroatoms. The van der Waals surface area contributed by atoms with Crippen LogP contribution < -0.4 is 10.1 Å². The largest absolute Gasteiger partial charge is 0.496 e. The van der Waals surface area contributed by atoms with Crippen LogP contribution in [0.15, 0.2) is 12.1 Å². The summed E-state index contributed by atoms with van der Waals surface area (Å²) in [6.45, 7) is 5.45. The van der Waals surface area contributed by atoms with Crippen LogP contribution in [0.5, 0.6) is 5.75 Å². The number of carbonyl (C=O) groups excluding carboxylic acids is 2. The lowest BCUT2D eigenvalue weighted by molar-refractivity contribution is -0.130. The van der Waals surface area contributed by atoms with Gasteiger partial charge in [-0.05, 0) is 37.3 Å². The van der Waals surface area contributed by atoms with Gasteiger partial charge in [0.1, 0.15) is 11.3 Å². The molecule has 1 heterocycles. The molecule has 2 rings (SSSR count). The second-order valence-corrected chi connectivity index (χ2v) is 7.00. The summed E-state index contributed by atoms with van der Waals surface area (Å²) in [6.07, 6.45) is 2.30. The number of likely N-dealkylation sites (tertiary alicyclic amines) is 1. The van der Waals surface area contributed by atoms with Crippen molar-refractivity contribution in [3.63, 3.8) is 0 Å². The summed E-state index contributed by atoms with van der Waals surface area (Å²) in [4.78, 5) is 26.5. The molecule has 5 nitrogen and oxygen atoms in total. The molecule has 0 spiro atoms. The van der Waals surface area contributed by atoms with Crippen LogP contribution in [0.4, 0.5) is 8.78 Å². The molecule has 1 atom stereocenters. The predicted molar refractivity (Wildman–Crippen MR) is 94.1 cm³/mol. The number of rotatable bonds is 6. The fraction of sp³-hybridized carbons (Fsp3) is 0.579. The molecule has 0 radical (unpaired) electrons. The fourth-order valence-corrected chi connectivity index (χ4v) is 3.00. The van der Waals surface area contributed by atoms with E-state index in [4.69, 9.17) is 4.74 Å². The van der Waals surface area contributed by atoms with E-state index in [-0.39, 0.29) is 17.7 Å². The second kappa shape index (κ2) is 8.96. The van der Waals surface area contributed by atoms with Gasteiger partial charge in [-0.3, -0.25) is 9.59 Å². The highest BCUT2D eigenvalue weighted by Gasteiger charge is 2.27. The smallest absolute Gasteiger partial charge is 0.258 e. The van der Waals surface area contributed by atoms with Crippen molar-refractivity contribution in [1.29, 1.82) is 0 Å². The van der Waals surface area contributed by atoms with Crippen LogP contribution in [-0.4, -0.2) is 43.0 Å². The van der Waals surface area contributed by atoms with E-state index in [9.17, 15) is 18.4 Å². The number of halogens is 2. The summed E-state index contributed by atoms with van der Waals surface area (Å²) in [5.41, 5.74) is -0.445. The van der Waals surface area contributed by atoms with E-state index >= 15 is 0 Å². The van der Waals surface area contributed by atoms with Crippen LogP contribution >= 0.6 is 0 Å². The first-order valence-electron chi connectivity index (χ1n) is 8.94. The first kappa shape index (κ1) is 20.1. The number of benzene rings is 1. The highest BCUT2D eigenvalue weighted by atomic mass is 19.2. The van der Waals surface area contributed by atoms with E-state index in [1.165, 1.54) is 13.2 Å². The van der Waals surface area contributed by atoms with E-state index in [1.807, 2.05) is 4.90 Å². The molecule has 1 saturated heterocycles. The summed E-state index contributed by atoms with van der Waals surface area (Å²) < 4.78 is 32.5. The van der Waals surface area contributed by atoms with E-state index in [2.05, 4.69) is 19.2 Å². The Hall–Kier alpha value is -2.18. The molecule has 0 aromatic heterocycles. The Morgan fingerprint density at radius 1 is 1.35 bits per heavy atom. The highest BCUT2D eigenvalue weighted by Crippen LogP contribution is 2.24. The Kier molecular flexibility index (Phi) is 6.94. The van der Waals surface area contributed by atoms with Crippen molar-refractivity contribution in [2.75, 3.05) is 20.2 Å². The van der Waals surface area contributed by atoms with Gasteiger partial charge in [0, 0.05) is 25.6 Å². The molecule has 1 aliphatic rings. The Morgan fingerprint density at radius 2 is 2.08 bits per heavy atom. The highest BCUT2D eigenvalue weighted by molar-refractivity contribution is 5.97. The maximum Gasteiger partial charge on any atom is 0.258 e.